The number of benzene rings is 2. The molecule has 0 fully saturated rings. The van der Waals surface area contributed by atoms with Gasteiger partial charge < -0.3 is 49.7 Å². The summed E-state index contributed by atoms with van der Waals surface area (Å²) in [7, 11) is 1.68. The van der Waals surface area contributed by atoms with Crippen LogP contribution in [0, 0.1) is 0 Å². The number of rotatable bonds is 10. The Bertz CT molecular complexity index is 1090. The molecule has 4 atom stereocenters. The molecule has 0 amide bonds. The number of aliphatic hydroxyl groups is 4. The first-order chi connectivity index (χ1) is 17.7. The third kappa shape index (κ3) is 7.89. The third-order valence-electron chi connectivity index (χ3n) is 5.00. The van der Waals surface area contributed by atoms with Crippen molar-refractivity contribution in [3.63, 3.8) is 0 Å². The Morgan fingerprint density at radius 2 is 0.897 bits per heavy atom. The van der Waals surface area contributed by atoms with Gasteiger partial charge in [0.1, 0.15) is 12.2 Å². The Morgan fingerprint density at radius 1 is 0.641 bits per heavy atom. The van der Waals surface area contributed by atoms with Gasteiger partial charge in [0.15, 0.2) is 0 Å². The Morgan fingerprint density at radius 3 is 1.10 bits per heavy atom. The number of esters is 2. The van der Waals surface area contributed by atoms with Crippen molar-refractivity contribution in [2.75, 3.05) is 14.2 Å². The average Bonchev–Trinajstić information content (AvgIpc) is 2.94. The molecule has 0 heterocycles. The maximum atomic E-state index is 12.0. The number of ether oxygens (including phenoxy) is 2. The van der Waals surface area contributed by atoms with Crippen molar-refractivity contribution in [1.82, 2.24) is 0 Å². The number of hydrogen-bond donors (Lipinski definition) is 4. The van der Waals surface area contributed by atoms with Crippen molar-refractivity contribution in [3.8, 4) is 0 Å². The molecule has 4 unspecified atom stereocenters. The fraction of sp³-hybridized carbons (Fsp3) is 0.250. The van der Waals surface area contributed by atoms with Crippen molar-refractivity contribution in [3.05, 3.63) is 71.8 Å². The van der Waals surface area contributed by atoms with Crippen molar-refractivity contribution < 1.29 is 68.9 Å². The van der Waals surface area contributed by atoms with Gasteiger partial charge in [-0.25, -0.2) is 9.59 Å². The Kier molecular flexibility index (Phi) is 14.1. The van der Waals surface area contributed by atoms with Crippen LogP contribution in [0.4, 0.5) is 0 Å². The molecule has 0 saturated heterocycles. The molecule has 0 saturated carbocycles. The first kappa shape index (κ1) is 35.8. The van der Waals surface area contributed by atoms with Crippen LogP contribution in [0.5, 0.6) is 0 Å². The second-order valence-corrected chi connectivity index (χ2v) is 7.35. The number of hydrogen-bond acceptors (Lipinski definition) is 14. The normalized spacial score (nSPS) is 14.7. The summed E-state index contributed by atoms with van der Waals surface area (Å²) in [5.74, 6) is -10.1. The minimum Gasteiger partial charge on any atom is -0.547 e. The van der Waals surface area contributed by atoms with Gasteiger partial charge in [-0.15, -0.1) is 0 Å². The topological polar surface area (TPSA) is 248 Å². The molecule has 0 bridgehead atoms. The number of carboxylic acid groups (broad SMARTS) is 2. The summed E-state index contributed by atoms with van der Waals surface area (Å²) >= 11 is 0. The Balaban J connectivity index is 0.000000722. The summed E-state index contributed by atoms with van der Waals surface area (Å²) in [6.07, 6.45) is -5.49. The number of carboxylic acids is 2. The largest absolute Gasteiger partial charge is 2.00 e. The summed E-state index contributed by atoms with van der Waals surface area (Å²) in [5.41, 5.74) is -6.82. The van der Waals surface area contributed by atoms with Crippen molar-refractivity contribution in [2.45, 2.75) is 23.4 Å². The van der Waals surface area contributed by atoms with Gasteiger partial charge in [-0.05, 0) is 0 Å². The SMILES string of the molecule is COC(=O)C(O)(C(=O)c1ccccc1)C(O)C(=O)[O-].COC(=O)C(O)(C(=O)c1ccccc1)C(O)C(=O)[O-].[Ca+2]. The summed E-state index contributed by atoms with van der Waals surface area (Å²) in [6, 6.07) is 13.9. The molecule has 0 aliphatic rings. The predicted octanol–water partition coefficient (Wildman–Crippen LogP) is -4.61. The van der Waals surface area contributed by atoms with E-state index in [1.807, 2.05) is 0 Å². The molecule has 15 heteroatoms. The number of carbonyl (C=O) groups is 6. The van der Waals surface area contributed by atoms with Gasteiger partial charge in [0, 0.05) is 11.1 Å². The number of aliphatic hydroxyl groups excluding tert-OH is 2. The number of aliphatic carboxylic acids is 2. The minimum atomic E-state index is -3.26. The molecule has 204 valence electrons. The first-order valence-corrected chi connectivity index (χ1v) is 10.3. The van der Waals surface area contributed by atoms with E-state index in [-0.39, 0.29) is 48.9 Å². The van der Waals surface area contributed by atoms with E-state index in [0.29, 0.717) is 0 Å². The fourth-order valence-electron chi connectivity index (χ4n) is 2.93. The van der Waals surface area contributed by atoms with Gasteiger partial charge in [0.2, 0.25) is 11.6 Å². The van der Waals surface area contributed by atoms with Crippen molar-refractivity contribution in [2.24, 2.45) is 0 Å². The predicted molar refractivity (Wildman–Crippen MR) is 123 cm³/mol. The summed E-state index contributed by atoms with van der Waals surface area (Å²) in [6.45, 7) is 0. The first-order valence-electron chi connectivity index (χ1n) is 10.3. The van der Waals surface area contributed by atoms with Crippen LogP contribution in [0.15, 0.2) is 60.7 Å². The second-order valence-electron chi connectivity index (χ2n) is 7.35. The molecule has 2 aromatic rings. The zero-order valence-corrected chi connectivity index (χ0v) is 22.7. The van der Waals surface area contributed by atoms with E-state index in [4.69, 9.17) is 0 Å². The van der Waals surface area contributed by atoms with E-state index < -0.39 is 58.9 Å². The van der Waals surface area contributed by atoms with E-state index in [9.17, 15) is 59.4 Å². The Labute approximate surface area is 250 Å². The van der Waals surface area contributed by atoms with Crippen LogP contribution < -0.4 is 10.2 Å². The van der Waals surface area contributed by atoms with Crippen molar-refractivity contribution in [1.29, 1.82) is 0 Å². The molecule has 39 heavy (non-hydrogen) atoms. The van der Waals surface area contributed by atoms with E-state index in [1.54, 1.807) is 12.1 Å². The van der Waals surface area contributed by atoms with Gasteiger partial charge in [0.25, 0.3) is 11.2 Å². The summed E-state index contributed by atoms with van der Waals surface area (Å²) < 4.78 is 8.34. The van der Waals surface area contributed by atoms with Crippen LogP contribution >= 0.6 is 0 Å². The van der Waals surface area contributed by atoms with E-state index in [2.05, 4.69) is 9.47 Å². The van der Waals surface area contributed by atoms with E-state index in [0.717, 1.165) is 14.2 Å². The average molecular weight is 575 g/mol. The zero-order chi connectivity index (χ0) is 29.3. The summed E-state index contributed by atoms with van der Waals surface area (Å²) in [4.78, 5) is 68.2. The maximum absolute atomic E-state index is 12.0. The molecule has 0 radical (unpaired) electrons. The molecule has 4 N–H and O–H groups in total. The third-order valence-corrected chi connectivity index (χ3v) is 5.00. The number of methoxy groups -OCH3 is 2. The van der Waals surface area contributed by atoms with E-state index >= 15 is 0 Å². The summed E-state index contributed by atoms with van der Waals surface area (Å²) in [5, 5.41) is 59.8. The standard InChI is InChI=1S/2C12H12O7.Ca/c2*1-19-11(17)12(18,9(14)10(15)16)8(13)7-5-3-2-4-6-7;/h2*2-6,9,14,18H,1H3,(H,15,16);/q;;+2/p-2. The molecular weight excluding hydrogens is 552 g/mol. The molecule has 2 aromatic carbocycles. The fourth-order valence-corrected chi connectivity index (χ4v) is 2.93. The molecule has 2 rings (SSSR count). The van der Waals surface area contributed by atoms with Crippen LogP contribution in [0.2, 0.25) is 0 Å². The van der Waals surface area contributed by atoms with Crippen LogP contribution in [0.3, 0.4) is 0 Å². The van der Waals surface area contributed by atoms with Crippen LogP contribution in [0.1, 0.15) is 20.7 Å². The van der Waals surface area contributed by atoms with Gasteiger partial charge in [-0.3, -0.25) is 9.59 Å². The molecule has 0 spiro atoms. The molecule has 0 aliphatic carbocycles. The van der Waals surface area contributed by atoms with Gasteiger partial charge in [-0.2, -0.15) is 0 Å². The van der Waals surface area contributed by atoms with Crippen LogP contribution in [0.25, 0.3) is 0 Å². The van der Waals surface area contributed by atoms with Gasteiger partial charge in [0.05, 0.1) is 26.2 Å². The molecule has 0 aliphatic heterocycles. The van der Waals surface area contributed by atoms with E-state index in [1.165, 1.54) is 48.5 Å². The quantitative estimate of drug-likeness (QED) is 0.0902. The number of ketones is 2. The molecule has 0 aromatic heterocycles. The maximum Gasteiger partial charge on any atom is 2.00 e. The number of Topliss-reactive ketones (excluding diaryl/α,β-unsaturated/α-hetero) is 2. The Hall–Kier alpha value is -3.24. The van der Waals surface area contributed by atoms with Gasteiger partial charge >= 0.3 is 49.7 Å². The monoisotopic (exact) mass is 574 g/mol. The zero-order valence-electron chi connectivity index (χ0n) is 20.5. The minimum absolute atomic E-state index is 0. The van der Waals surface area contributed by atoms with Crippen LogP contribution in [-0.4, -0.2) is 131 Å². The van der Waals surface area contributed by atoms with Crippen molar-refractivity contribution >= 4 is 73.2 Å². The van der Waals surface area contributed by atoms with Gasteiger partial charge in [-0.1, -0.05) is 60.7 Å². The number of carbonyl (C=O) groups excluding carboxylic acids is 6. The smallest absolute Gasteiger partial charge is 0.547 e. The molecule has 14 nitrogen and oxygen atoms in total. The molecular formula is C24H22CaO14. The van der Waals surface area contributed by atoms with Crippen LogP contribution in [-0.2, 0) is 28.7 Å². The second kappa shape index (κ2) is 15.4.